The Morgan fingerprint density at radius 1 is 1.29 bits per heavy atom. The molecule has 24 heavy (non-hydrogen) atoms. The Balaban J connectivity index is 1.87. The third-order valence-electron chi connectivity index (χ3n) is 4.88. The van der Waals surface area contributed by atoms with Gasteiger partial charge in [-0.2, -0.15) is 0 Å². The van der Waals surface area contributed by atoms with Gasteiger partial charge in [0.2, 0.25) is 5.91 Å². The summed E-state index contributed by atoms with van der Waals surface area (Å²) in [6.45, 7) is 5.59. The topological polar surface area (TPSA) is 58.6 Å². The van der Waals surface area contributed by atoms with Gasteiger partial charge < -0.3 is 15.0 Å². The molecule has 1 atom stereocenters. The van der Waals surface area contributed by atoms with E-state index in [2.05, 4.69) is 25.2 Å². The summed E-state index contributed by atoms with van der Waals surface area (Å²) in [6.07, 6.45) is 2.46. The molecule has 5 heteroatoms. The number of benzene rings is 1. The van der Waals surface area contributed by atoms with Crippen LogP contribution in [-0.4, -0.2) is 43.5 Å². The van der Waals surface area contributed by atoms with Crippen LogP contribution >= 0.6 is 0 Å². The number of likely N-dealkylation sites (tertiary alicyclic amines) is 1. The summed E-state index contributed by atoms with van der Waals surface area (Å²) < 4.78 is 5.80. The second kappa shape index (κ2) is 8.71. The van der Waals surface area contributed by atoms with Crippen molar-refractivity contribution in [1.29, 1.82) is 0 Å². The molecule has 0 aromatic heterocycles. The van der Waals surface area contributed by atoms with E-state index in [9.17, 15) is 9.59 Å². The number of hydrogen-bond acceptors (Lipinski definition) is 3. The van der Waals surface area contributed by atoms with Crippen molar-refractivity contribution in [1.82, 2.24) is 10.2 Å². The van der Waals surface area contributed by atoms with Crippen molar-refractivity contribution < 1.29 is 14.3 Å². The second-order valence-electron chi connectivity index (χ2n) is 6.41. The number of carbonyl (C=O) groups is 2. The molecule has 1 N–H and O–H groups in total. The zero-order valence-electron chi connectivity index (χ0n) is 14.9. The van der Waals surface area contributed by atoms with Gasteiger partial charge in [0.25, 0.3) is 5.91 Å². The minimum absolute atomic E-state index is 0.00990. The molecule has 1 unspecified atom stereocenters. The summed E-state index contributed by atoms with van der Waals surface area (Å²) in [6, 6.07) is 7.91. The monoisotopic (exact) mass is 332 g/mol. The summed E-state index contributed by atoms with van der Waals surface area (Å²) >= 11 is 0. The molecule has 2 amide bonds. The lowest BCUT2D eigenvalue weighted by Gasteiger charge is -2.31. The Morgan fingerprint density at radius 3 is 2.58 bits per heavy atom. The molecule has 1 fully saturated rings. The number of nitrogens with one attached hydrogen (secondary N) is 1. The van der Waals surface area contributed by atoms with Crippen LogP contribution in [0, 0.1) is 5.92 Å². The standard InChI is InChI=1S/C19H28N2O3/c1-4-14(2)16-7-5-6-8-17(16)24-13-18(22)21-11-9-15(10-12-21)19(23)20-3/h5-8,14-15H,4,9-13H2,1-3H3,(H,20,23). The molecular weight excluding hydrogens is 304 g/mol. The number of carbonyl (C=O) groups excluding carboxylic acids is 2. The number of hydrogen-bond donors (Lipinski definition) is 1. The predicted octanol–water partition coefficient (Wildman–Crippen LogP) is 2.56. The molecule has 2 rings (SSSR count). The number of nitrogens with zero attached hydrogens (tertiary/aromatic N) is 1. The van der Waals surface area contributed by atoms with E-state index in [1.165, 1.54) is 0 Å². The SMILES string of the molecule is CCC(C)c1ccccc1OCC(=O)N1CCC(C(=O)NC)CC1. The van der Waals surface area contributed by atoms with Gasteiger partial charge in [0.05, 0.1) is 0 Å². The van der Waals surface area contributed by atoms with E-state index in [1.54, 1.807) is 11.9 Å². The molecular formula is C19H28N2O3. The van der Waals surface area contributed by atoms with Gasteiger partial charge >= 0.3 is 0 Å². The maximum absolute atomic E-state index is 12.4. The lowest BCUT2D eigenvalue weighted by Crippen LogP contribution is -2.44. The fraction of sp³-hybridized carbons (Fsp3) is 0.579. The third kappa shape index (κ3) is 4.49. The molecule has 1 aromatic rings. The molecule has 0 radical (unpaired) electrons. The maximum atomic E-state index is 12.4. The van der Waals surface area contributed by atoms with Gasteiger partial charge in [0.15, 0.2) is 6.61 Å². The van der Waals surface area contributed by atoms with E-state index in [0.717, 1.165) is 30.6 Å². The first-order valence-electron chi connectivity index (χ1n) is 8.77. The Kier molecular flexibility index (Phi) is 6.64. The van der Waals surface area contributed by atoms with Crippen LogP contribution in [0.3, 0.4) is 0 Å². The summed E-state index contributed by atoms with van der Waals surface area (Å²) in [5.74, 6) is 1.27. The zero-order valence-corrected chi connectivity index (χ0v) is 14.9. The number of para-hydroxylation sites is 1. The van der Waals surface area contributed by atoms with Crippen molar-refractivity contribution in [3.05, 3.63) is 29.8 Å². The lowest BCUT2D eigenvalue weighted by atomic mass is 9.96. The van der Waals surface area contributed by atoms with E-state index in [1.807, 2.05) is 18.2 Å². The van der Waals surface area contributed by atoms with Gasteiger partial charge in [-0.15, -0.1) is 0 Å². The van der Waals surface area contributed by atoms with E-state index < -0.39 is 0 Å². The Labute approximate surface area is 144 Å². The fourth-order valence-corrected chi connectivity index (χ4v) is 3.06. The van der Waals surface area contributed by atoms with Gasteiger partial charge in [-0.1, -0.05) is 32.0 Å². The van der Waals surface area contributed by atoms with Gasteiger partial charge in [0, 0.05) is 26.1 Å². The summed E-state index contributed by atoms with van der Waals surface area (Å²) in [5, 5.41) is 2.68. The molecule has 0 saturated carbocycles. The molecule has 1 aliphatic rings. The summed E-state index contributed by atoms with van der Waals surface area (Å²) in [5.41, 5.74) is 1.14. The predicted molar refractivity (Wildman–Crippen MR) is 94.0 cm³/mol. The first-order chi connectivity index (χ1) is 11.6. The Bertz CT molecular complexity index is 565. The molecule has 132 valence electrons. The number of rotatable bonds is 6. The molecule has 0 aliphatic carbocycles. The quantitative estimate of drug-likeness (QED) is 0.871. The van der Waals surface area contributed by atoms with E-state index >= 15 is 0 Å². The van der Waals surface area contributed by atoms with Gasteiger partial charge in [-0.3, -0.25) is 9.59 Å². The van der Waals surface area contributed by atoms with Crippen LogP contribution in [0.5, 0.6) is 5.75 Å². The lowest BCUT2D eigenvalue weighted by molar-refractivity contribution is -0.137. The van der Waals surface area contributed by atoms with Crippen LogP contribution in [-0.2, 0) is 9.59 Å². The summed E-state index contributed by atoms with van der Waals surface area (Å²) in [7, 11) is 1.66. The van der Waals surface area contributed by atoms with Gasteiger partial charge in [0.1, 0.15) is 5.75 Å². The van der Waals surface area contributed by atoms with Crippen molar-refractivity contribution in [2.75, 3.05) is 26.7 Å². The van der Waals surface area contributed by atoms with Gasteiger partial charge in [-0.05, 0) is 36.8 Å². The second-order valence-corrected chi connectivity index (χ2v) is 6.41. The molecule has 1 aliphatic heterocycles. The summed E-state index contributed by atoms with van der Waals surface area (Å²) in [4.78, 5) is 25.8. The first-order valence-corrected chi connectivity index (χ1v) is 8.77. The average Bonchev–Trinajstić information content (AvgIpc) is 2.65. The highest BCUT2D eigenvalue weighted by Crippen LogP contribution is 2.28. The molecule has 1 heterocycles. The van der Waals surface area contributed by atoms with E-state index in [-0.39, 0.29) is 24.3 Å². The highest BCUT2D eigenvalue weighted by molar-refractivity contribution is 5.80. The minimum atomic E-state index is -0.00990. The molecule has 1 saturated heterocycles. The van der Waals surface area contributed by atoms with E-state index in [4.69, 9.17) is 4.74 Å². The largest absolute Gasteiger partial charge is 0.483 e. The number of amides is 2. The van der Waals surface area contributed by atoms with Crippen LogP contribution in [0.1, 0.15) is 44.6 Å². The molecule has 5 nitrogen and oxygen atoms in total. The average molecular weight is 332 g/mol. The minimum Gasteiger partial charge on any atom is -0.483 e. The van der Waals surface area contributed by atoms with Crippen LogP contribution in [0.4, 0.5) is 0 Å². The smallest absolute Gasteiger partial charge is 0.260 e. The zero-order chi connectivity index (χ0) is 17.5. The normalized spacial score (nSPS) is 16.5. The molecule has 0 spiro atoms. The first kappa shape index (κ1) is 18.3. The van der Waals surface area contributed by atoms with Gasteiger partial charge in [-0.25, -0.2) is 0 Å². The highest BCUT2D eigenvalue weighted by Gasteiger charge is 2.26. The Morgan fingerprint density at radius 2 is 1.96 bits per heavy atom. The molecule has 0 bridgehead atoms. The van der Waals surface area contributed by atoms with Crippen molar-refractivity contribution in [3.8, 4) is 5.75 Å². The fourth-order valence-electron chi connectivity index (χ4n) is 3.06. The Hall–Kier alpha value is -2.04. The van der Waals surface area contributed by atoms with Crippen LogP contribution in [0.2, 0.25) is 0 Å². The maximum Gasteiger partial charge on any atom is 0.260 e. The van der Waals surface area contributed by atoms with Crippen LogP contribution < -0.4 is 10.1 Å². The van der Waals surface area contributed by atoms with Crippen molar-refractivity contribution in [3.63, 3.8) is 0 Å². The highest BCUT2D eigenvalue weighted by atomic mass is 16.5. The van der Waals surface area contributed by atoms with Crippen molar-refractivity contribution >= 4 is 11.8 Å². The van der Waals surface area contributed by atoms with Crippen LogP contribution in [0.25, 0.3) is 0 Å². The number of ether oxygens (including phenoxy) is 1. The van der Waals surface area contributed by atoms with Crippen molar-refractivity contribution in [2.24, 2.45) is 5.92 Å². The van der Waals surface area contributed by atoms with Crippen molar-refractivity contribution in [2.45, 2.75) is 39.0 Å². The third-order valence-corrected chi connectivity index (χ3v) is 4.88. The van der Waals surface area contributed by atoms with Crippen LogP contribution in [0.15, 0.2) is 24.3 Å². The van der Waals surface area contributed by atoms with E-state index in [0.29, 0.717) is 19.0 Å². The molecule has 1 aromatic carbocycles. The number of piperidine rings is 1.